The molecule has 5 heterocycles. The van der Waals surface area contributed by atoms with E-state index >= 15 is 0 Å². The molecule has 0 saturated carbocycles. The van der Waals surface area contributed by atoms with Crippen molar-refractivity contribution in [3.63, 3.8) is 0 Å². The molecular weight excluding hydrogens is 692 g/mol. The van der Waals surface area contributed by atoms with Gasteiger partial charge in [-0.2, -0.15) is 0 Å². The summed E-state index contributed by atoms with van der Waals surface area (Å²) in [5, 5.41) is 9.87. The number of aliphatic hydroxyl groups excluding tert-OH is 1. The van der Waals surface area contributed by atoms with Crippen molar-refractivity contribution in [2.45, 2.75) is 90.4 Å². The summed E-state index contributed by atoms with van der Waals surface area (Å²) in [4.78, 5) is 68.2. The number of H-pyrrole nitrogens is 2. The second kappa shape index (κ2) is 16.8. The number of hydrogen-bond acceptors (Lipinski definition) is 11. The summed E-state index contributed by atoms with van der Waals surface area (Å²) >= 11 is 0. The minimum Gasteiger partial charge on any atom is -0.469 e. The van der Waals surface area contributed by atoms with Crippen LogP contribution in [0.4, 0.5) is 0 Å². The van der Waals surface area contributed by atoms with Crippen molar-refractivity contribution in [1.29, 1.82) is 0 Å². The zero-order valence-electron chi connectivity index (χ0n) is 32.4. The lowest BCUT2D eigenvalue weighted by Crippen LogP contribution is -2.22. The zero-order valence-corrected chi connectivity index (χ0v) is 32.4. The van der Waals surface area contributed by atoms with Gasteiger partial charge in [0.2, 0.25) is 0 Å². The molecule has 3 aromatic heterocycles. The summed E-state index contributed by atoms with van der Waals surface area (Å²) in [5.41, 5.74) is 9.69. The number of fused-ring (bicyclic) bond motifs is 8. The highest BCUT2D eigenvalue weighted by Crippen LogP contribution is 2.45. The van der Waals surface area contributed by atoms with E-state index in [2.05, 4.69) is 29.9 Å². The number of allylic oxidation sites excluding steroid dienone is 1. The Kier molecular flexibility index (Phi) is 12.4. The normalized spacial score (nSPS) is 14.9. The van der Waals surface area contributed by atoms with E-state index in [4.69, 9.17) is 28.9 Å². The second-order valence-electron chi connectivity index (χ2n) is 14.2. The van der Waals surface area contributed by atoms with Crippen LogP contribution in [0.25, 0.3) is 33.2 Å². The van der Waals surface area contributed by atoms with Crippen LogP contribution in [0, 0.1) is 13.8 Å². The van der Waals surface area contributed by atoms with Gasteiger partial charge in [-0.1, -0.05) is 13.8 Å². The van der Waals surface area contributed by atoms with E-state index in [-0.39, 0.29) is 51.0 Å². The van der Waals surface area contributed by atoms with Gasteiger partial charge in [0.25, 0.3) is 0 Å². The van der Waals surface area contributed by atoms with E-state index < -0.39 is 29.3 Å². The summed E-state index contributed by atoms with van der Waals surface area (Å²) < 4.78 is 20.2. The number of rotatable bonds is 13. The van der Waals surface area contributed by atoms with Crippen LogP contribution in [-0.2, 0) is 56.4 Å². The van der Waals surface area contributed by atoms with E-state index in [1.807, 2.05) is 32.0 Å². The number of aromatic nitrogens is 4. The van der Waals surface area contributed by atoms with Crippen molar-refractivity contribution in [3.8, 4) is 0 Å². The van der Waals surface area contributed by atoms with Gasteiger partial charge in [0.1, 0.15) is 0 Å². The van der Waals surface area contributed by atoms with Gasteiger partial charge in [0, 0.05) is 64.2 Å². The number of hydrogen-bond donors (Lipinski definition) is 3. The molecule has 1 unspecified atom stereocenters. The van der Waals surface area contributed by atoms with Gasteiger partial charge in [0.15, 0.2) is 0 Å². The predicted molar refractivity (Wildman–Crippen MR) is 203 cm³/mol. The summed E-state index contributed by atoms with van der Waals surface area (Å²) in [7, 11) is 5.29. The maximum Gasteiger partial charge on any atom is 0.310 e. The predicted octanol–water partition coefficient (Wildman–Crippen LogP) is 6.01. The number of esters is 4. The van der Waals surface area contributed by atoms with Crippen LogP contribution in [0.5, 0.6) is 0 Å². The molecule has 288 valence electrons. The Balaban J connectivity index is 1.98. The third kappa shape index (κ3) is 8.25. The van der Waals surface area contributed by atoms with Gasteiger partial charge >= 0.3 is 23.9 Å². The fourth-order valence-corrected chi connectivity index (χ4v) is 7.38. The topological polar surface area (TPSA) is 183 Å². The fraction of sp³-hybridized carbons (Fsp3) is 0.463. The van der Waals surface area contributed by atoms with Crippen molar-refractivity contribution in [2.24, 2.45) is 0 Å². The first-order chi connectivity index (χ1) is 25.7. The Bertz CT molecular complexity index is 2160. The molecule has 8 bridgehead atoms. The molecule has 13 heteroatoms. The number of aliphatic hydroxyl groups is 1. The zero-order chi connectivity index (χ0) is 39.3. The molecule has 0 radical (unpaired) electrons. The first kappa shape index (κ1) is 39.9. The molecule has 0 aromatic carbocycles. The monoisotopic (exact) mass is 742 g/mol. The lowest BCUT2D eigenvalue weighted by molar-refractivity contribution is -0.141. The largest absolute Gasteiger partial charge is 0.469 e. The van der Waals surface area contributed by atoms with Crippen LogP contribution in [0.3, 0.4) is 0 Å². The van der Waals surface area contributed by atoms with Crippen LogP contribution < -0.4 is 0 Å². The van der Waals surface area contributed by atoms with Crippen molar-refractivity contribution >= 4 is 57.1 Å². The summed E-state index contributed by atoms with van der Waals surface area (Å²) in [5.74, 6) is -1.86. The average molecular weight is 743 g/mol. The highest BCUT2D eigenvalue weighted by atomic mass is 16.5. The smallest absolute Gasteiger partial charge is 0.310 e. The van der Waals surface area contributed by atoms with Gasteiger partial charge < -0.3 is 34.0 Å². The van der Waals surface area contributed by atoms with Gasteiger partial charge in [0.05, 0.1) is 52.7 Å². The molecule has 3 N–H and O–H groups in total. The molecule has 2 aliphatic heterocycles. The van der Waals surface area contributed by atoms with Crippen molar-refractivity contribution in [3.05, 3.63) is 69.3 Å². The molecule has 3 aromatic rings. The number of carbonyl (C=O) groups excluding carboxylic acids is 4. The highest BCUT2D eigenvalue weighted by molar-refractivity contribution is 6.00. The maximum absolute atomic E-state index is 13.0. The van der Waals surface area contributed by atoms with Crippen LogP contribution in [0.2, 0.25) is 0 Å². The maximum atomic E-state index is 13.0. The Morgan fingerprint density at radius 3 is 1.85 bits per heavy atom. The number of ether oxygens (including phenoxy) is 4. The number of aryl methyl sites for hydroxylation is 3. The lowest BCUT2D eigenvalue weighted by Gasteiger charge is -2.27. The van der Waals surface area contributed by atoms with Crippen LogP contribution in [-0.4, -0.2) is 84.0 Å². The van der Waals surface area contributed by atoms with E-state index in [9.17, 15) is 24.3 Å². The number of nitrogens with one attached hydrogen (secondary N) is 2. The molecule has 5 rings (SSSR count). The van der Waals surface area contributed by atoms with E-state index in [0.29, 0.717) is 57.5 Å². The average Bonchev–Trinajstić information content (AvgIpc) is 3.80. The van der Waals surface area contributed by atoms with E-state index in [1.54, 1.807) is 0 Å². The number of nitrogens with zero attached hydrogens (tertiary/aromatic N) is 2. The second-order valence-corrected chi connectivity index (χ2v) is 14.2. The number of aromatic amines is 2. The Labute approximate surface area is 314 Å². The van der Waals surface area contributed by atoms with Crippen molar-refractivity contribution in [2.75, 3.05) is 35.0 Å². The van der Waals surface area contributed by atoms with Gasteiger partial charge in [-0.3, -0.25) is 24.2 Å². The Morgan fingerprint density at radius 1 is 0.685 bits per heavy atom. The Hall–Kier alpha value is -5.30. The minimum atomic E-state index is -0.470. The third-order valence-corrected chi connectivity index (χ3v) is 10.8. The van der Waals surface area contributed by atoms with E-state index in [1.165, 1.54) is 28.4 Å². The molecule has 0 aliphatic carbocycles. The first-order valence-corrected chi connectivity index (χ1v) is 18.1. The number of methoxy groups -OCH3 is 4. The molecule has 54 heavy (non-hydrogen) atoms. The summed E-state index contributed by atoms with van der Waals surface area (Å²) in [6.07, 6.45) is 1.57. The molecule has 2 aliphatic rings. The standard InChI is InChI=1S/C41H50N4O9/c1-22-23(2)30-21-36-41(3,4)28(10-9-15-46)35(45-36)20-34-27(17-40(50)54-8)25(12-14-38(48)52-6)32(44-34)19-31-24(11-13-37(47)51-5)26(16-39(49)53-7)33(43-31)18-29(22)42-30/h18-21,28,42,44,46H,9-17H2,1-8H3. The quantitative estimate of drug-likeness (QED) is 0.138. The van der Waals surface area contributed by atoms with Gasteiger partial charge in [-0.25, -0.2) is 4.98 Å². The first-order valence-electron chi connectivity index (χ1n) is 18.1. The Morgan fingerprint density at radius 2 is 1.22 bits per heavy atom. The molecule has 0 amide bonds. The van der Waals surface area contributed by atoms with Crippen molar-refractivity contribution in [1.82, 2.24) is 19.9 Å². The number of carbonyl (C=O) groups is 4. The van der Waals surface area contributed by atoms with Gasteiger partial charge in [-0.05, 0) is 97.2 Å². The minimum absolute atomic E-state index is 0.0324. The molecule has 13 nitrogen and oxygen atoms in total. The molecule has 1 atom stereocenters. The van der Waals surface area contributed by atoms with Gasteiger partial charge in [-0.15, -0.1) is 0 Å². The SMILES string of the molecule is COC(=O)CCC1=C(CC(=O)OC)c2cc3[nH]c(cc4nc(cc5[nH]c(cc1n2)c(CCC(=O)OC)c5CC(=O)OC)C(CCCO)C4(C)C)c(C)c3C. The molecular formula is C41H50N4O9. The van der Waals surface area contributed by atoms with Crippen molar-refractivity contribution < 1.29 is 43.2 Å². The third-order valence-electron chi connectivity index (χ3n) is 10.8. The molecule has 0 spiro atoms. The molecule has 0 fully saturated rings. The highest BCUT2D eigenvalue weighted by Gasteiger charge is 2.39. The van der Waals surface area contributed by atoms with E-state index in [0.717, 1.165) is 33.5 Å². The fourth-order valence-electron chi connectivity index (χ4n) is 7.38. The van der Waals surface area contributed by atoms with Crippen LogP contribution in [0.15, 0.2) is 24.3 Å². The summed E-state index contributed by atoms with van der Waals surface area (Å²) in [6, 6.07) is 7.74. The summed E-state index contributed by atoms with van der Waals surface area (Å²) in [6.45, 7) is 8.38. The lowest BCUT2D eigenvalue weighted by atomic mass is 9.74. The van der Waals surface area contributed by atoms with Crippen LogP contribution >= 0.6 is 0 Å². The molecule has 0 saturated heterocycles. The van der Waals surface area contributed by atoms with Crippen LogP contribution in [0.1, 0.15) is 103 Å².